The number of amides is 1. The summed E-state index contributed by atoms with van der Waals surface area (Å²) in [5.41, 5.74) is 4.12. The Morgan fingerprint density at radius 3 is 2.47 bits per heavy atom. The Morgan fingerprint density at radius 2 is 1.67 bits per heavy atom. The predicted octanol–water partition coefficient (Wildman–Crippen LogP) is 8.01. The van der Waals surface area contributed by atoms with Gasteiger partial charge in [0.2, 0.25) is 5.91 Å². The molecule has 0 unspecified atom stereocenters. The molecule has 0 bridgehead atoms. The van der Waals surface area contributed by atoms with Gasteiger partial charge in [-0.2, -0.15) is 0 Å². The van der Waals surface area contributed by atoms with Crippen molar-refractivity contribution in [1.82, 2.24) is 14.8 Å². The van der Waals surface area contributed by atoms with Gasteiger partial charge in [0.05, 0.1) is 0 Å². The number of fused-ring (bicyclic) bond motifs is 1. The minimum atomic E-state index is -0.252. The Bertz CT molecular complexity index is 1680. The first-order chi connectivity index (χ1) is 21.0. The molecule has 0 saturated carbocycles. The summed E-state index contributed by atoms with van der Waals surface area (Å²) < 4.78 is 22.0. The summed E-state index contributed by atoms with van der Waals surface area (Å²) in [6.45, 7) is 4.31. The van der Waals surface area contributed by atoms with Crippen LogP contribution >= 0.6 is 11.6 Å². The zero-order valence-corrected chi connectivity index (χ0v) is 24.8. The zero-order valence-electron chi connectivity index (χ0n) is 24.0. The highest BCUT2D eigenvalue weighted by Gasteiger charge is 2.24. The quantitative estimate of drug-likeness (QED) is 0.168. The summed E-state index contributed by atoms with van der Waals surface area (Å²) >= 11 is 6.06. The molecule has 1 aliphatic heterocycles. The normalized spacial score (nSPS) is 14.2. The van der Waals surface area contributed by atoms with Crippen molar-refractivity contribution in [3.05, 3.63) is 131 Å². The number of aromatic nitrogens is 1. The van der Waals surface area contributed by atoms with E-state index in [-0.39, 0.29) is 17.6 Å². The lowest BCUT2D eigenvalue weighted by Crippen LogP contribution is -2.34. The molecule has 0 radical (unpaired) electrons. The molecular weight excluding hydrogens is 561 g/mol. The van der Waals surface area contributed by atoms with Crippen molar-refractivity contribution in [1.29, 1.82) is 0 Å². The van der Waals surface area contributed by atoms with Crippen LogP contribution in [0.1, 0.15) is 41.9 Å². The number of benzene rings is 4. The monoisotopic (exact) mass is 595 g/mol. The summed E-state index contributed by atoms with van der Waals surface area (Å²) in [4.78, 5) is 15.8. The molecule has 0 aliphatic carbocycles. The van der Waals surface area contributed by atoms with Gasteiger partial charge in [-0.1, -0.05) is 54.1 Å². The van der Waals surface area contributed by atoms with Crippen molar-refractivity contribution >= 4 is 28.4 Å². The van der Waals surface area contributed by atoms with E-state index in [4.69, 9.17) is 16.3 Å². The van der Waals surface area contributed by atoms with Crippen molar-refractivity contribution in [2.24, 2.45) is 0 Å². The van der Waals surface area contributed by atoms with Gasteiger partial charge in [0, 0.05) is 54.1 Å². The lowest BCUT2D eigenvalue weighted by atomic mass is 9.88. The number of nitrogens with one attached hydrogen (secondary N) is 1. The van der Waals surface area contributed by atoms with Crippen molar-refractivity contribution in [3.8, 4) is 11.5 Å². The molecule has 1 aromatic heterocycles. The molecule has 1 saturated heterocycles. The van der Waals surface area contributed by atoms with E-state index in [0.29, 0.717) is 36.0 Å². The maximum Gasteiger partial charge on any atom is 0.220 e. The number of carbonyl (C=O) groups excluding carboxylic acids is 1. The summed E-state index contributed by atoms with van der Waals surface area (Å²) in [7, 11) is 0. The van der Waals surface area contributed by atoms with Crippen LogP contribution in [0.15, 0.2) is 103 Å². The topological polar surface area (TPSA) is 46.5 Å². The third-order valence-corrected chi connectivity index (χ3v) is 8.36. The van der Waals surface area contributed by atoms with Crippen molar-refractivity contribution in [2.75, 3.05) is 26.2 Å². The van der Waals surface area contributed by atoms with Gasteiger partial charge >= 0.3 is 0 Å². The average molecular weight is 596 g/mol. The fourth-order valence-electron chi connectivity index (χ4n) is 5.93. The maximum atomic E-state index is 13.6. The molecule has 7 heteroatoms. The van der Waals surface area contributed by atoms with Gasteiger partial charge in [-0.15, -0.1) is 0 Å². The standard InChI is InChI=1S/C36H35ClFN3O2/c37-28-12-16-30(17-13-28)43-31-7-5-6-27(22-31)33(23-36(42)39-18-21-40-19-3-4-20-40)34-25-41(35-9-2-1-8-32(34)35)24-26-10-14-29(38)15-11-26/h1-2,5-17,22,25,33H,3-4,18-21,23-24H2,(H,39,42)/t33-/m0/s1. The second-order valence-electron chi connectivity index (χ2n) is 11.1. The first kappa shape index (κ1) is 29.0. The molecule has 1 aliphatic rings. The molecular formula is C36H35ClFN3O2. The van der Waals surface area contributed by atoms with Crippen LogP contribution in [-0.2, 0) is 11.3 Å². The largest absolute Gasteiger partial charge is 0.457 e. The predicted molar refractivity (Wildman–Crippen MR) is 171 cm³/mol. The van der Waals surface area contributed by atoms with Gasteiger partial charge in [-0.05, 0) is 97.2 Å². The third kappa shape index (κ3) is 7.27. The highest BCUT2D eigenvalue weighted by Crippen LogP contribution is 2.37. The molecule has 0 spiro atoms. The lowest BCUT2D eigenvalue weighted by Gasteiger charge is -2.19. The molecule has 220 valence electrons. The fraction of sp³-hybridized carbons (Fsp3) is 0.250. The number of hydrogen-bond donors (Lipinski definition) is 1. The molecule has 2 heterocycles. The number of para-hydroxylation sites is 1. The summed E-state index contributed by atoms with van der Waals surface area (Å²) in [5, 5.41) is 4.91. The van der Waals surface area contributed by atoms with Crippen LogP contribution in [0.4, 0.5) is 4.39 Å². The van der Waals surface area contributed by atoms with Gasteiger partial charge < -0.3 is 19.5 Å². The van der Waals surface area contributed by atoms with E-state index < -0.39 is 0 Å². The van der Waals surface area contributed by atoms with Crippen LogP contribution in [-0.4, -0.2) is 41.6 Å². The summed E-state index contributed by atoms with van der Waals surface area (Å²) in [5.74, 6) is 0.935. The Balaban J connectivity index is 1.32. The number of nitrogens with zero attached hydrogens (tertiary/aromatic N) is 2. The van der Waals surface area contributed by atoms with Crippen LogP contribution in [0.5, 0.6) is 11.5 Å². The Morgan fingerprint density at radius 1 is 0.907 bits per heavy atom. The second-order valence-corrected chi connectivity index (χ2v) is 11.6. The minimum Gasteiger partial charge on any atom is -0.457 e. The van der Waals surface area contributed by atoms with Gasteiger partial charge in [-0.25, -0.2) is 4.39 Å². The summed E-state index contributed by atoms with van der Waals surface area (Å²) in [6.07, 6.45) is 4.90. The second kappa shape index (κ2) is 13.4. The lowest BCUT2D eigenvalue weighted by molar-refractivity contribution is -0.121. The van der Waals surface area contributed by atoms with E-state index in [2.05, 4.69) is 39.2 Å². The molecule has 1 fully saturated rings. The van der Waals surface area contributed by atoms with Crippen molar-refractivity contribution < 1.29 is 13.9 Å². The van der Waals surface area contributed by atoms with Crippen molar-refractivity contribution in [2.45, 2.75) is 31.7 Å². The van der Waals surface area contributed by atoms with Crippen LogP contribution in [0.2, 0.25) is 5.02 Å². The van der Waals surface area contributed by atoms with E-state index in [1.54, 1.807) is 12.1 Å². The molecule has 43 heavy (non-hydrogen) atoms. The molecule has 6 rings (SSSR count). The number of rotatable bonds is 11. The van der Waals surface area contributed by atoms with Gasteiger partial charge in [-0.3, -0.25) is 4.79 Å². The molecule has 4 aromatic carbocycles. The van der Waals surface area contributed by atoms with E-state index in [0.717, 1.165) is 47.2 Å². The van der Waals surface area contributed by atoms with E-state index in [1.807, 2.05) is 54.6 Å². The van der Waals surface area contributed by atoms with Crippen LogP contribution in [0.25, 0.3) is 10.9 Å². The average Bonchev–Trinajstić information content (AvgIpc) is 3.67. The Hall–Kier alpha value is -4.13. The number of hydrogen-bond acceptors (Lipinski definition) is 3. The summed E-state index contributed by atoms with van der Waals surface area (Å²) in [6, 6.07) is 30.1. The van der Waals surface area contributed by atoms with E-state index in [9.17, 15) is 9.18 Å². The number of likely N-dealkylation sites (tertiary alicyclic amines) is 1. The number of ether oxygens (including phenoxy) is 1. The Labute approximate surface area is 256 Å². The zero-order chi connectivity index (χ0) is 29.6. The maximum absolute atomic E-state index is 13.6. The molecule has 1 atom stereocenters. The highest BCUT2D eigenvalue weighted by molar-refractivity contribution is 6.30. The molecule has 1 N–H and O–H groups in total. The van der Waals surface area contributed by atoms with Crippen LogP contribution in [0.3, 0.4) is 0 Å². The molecule has 5 aromatic rings. The van der Waals surface area contributed by atoms with E-state index in [1.165, 1.54) is 25.0 Å². The van der Waals surface area contributed by atoms with Crippen LogP contribution < -0.4 is 10.1 Å². The third-order valence-electron chi connectivity index (χ3n) is 8.11. The molecule has 1 amide bonds. The molecule has 5 nitrogen and oxygen atoms in total. The Kier molecular flexibility index (Phi) is 9.06. The van der Waals surface area contributed by atoms with Crippen LogP contribution in [0, 0.1) is 5.82 Å². The smallest absolute Gasteiger partial charge is 0.220 e. The van der Waals surface area contributed by atoms with Gasteiger partial charge in [0.1, 0.15) is 17.3 Å². The first-order valence-electron chi connectivity index (χ1n) is 14.9. The van der Waals surface area contributed by atoms with E-state index >= 15 is 0 Å². The van der Waals surface area contributed by atoms with Gasteiger partial charge in [0.25, 0.3) is 0 Å². The fourth-order valence-corrected chi connectivity index (χ4v) is 6.05. The SMILES string of the molecule is O=C(C[C@@H](c1cccc(Oc2ccc(Cl)cc2)c1)c1cn(Cc2ccc(F)cc2)c2ccccc12)NCCN1CCCC1. The highest BCUT2D eigenvalue weighted by atomic mass is 35.5. The van der Waals surface area contributed by atoms with Gasteiger partial charge in [0.15, 0.2) is 0 Å². The van der Waals surface area contributed by atoms with Crippen molar-refractivity contribution in [3.63, 3.8) is 0 Å². The number of carbonyl (C=O) groups is 1. The number of halogens is 2. The first-order valence-corrected chi connectivity index (χ1v) is 15.2. The minimum absolute atomic E-state index is 0.0172.